The molecule has 3 N–H and O–H groups in total. The Morgan fingerprint density at radius 3 is 2.47 bits per heavy atom. The molecule has 8 heteroatoms. The molecule has 1 heterocycles. The molecule has 0 saturated carbocycles. The Labute approximate surface area is 109 Å². The summed E-state index contributed by atoms with van der Waals surface area (Å²) in [5.74, 6) is -1.29. The molecule has 1 aromatic heterocycles. The van der Waals surface area contributed by atoms with Crippen molar-refractivity contribution < 1.29 is 18.3 Å². The van der Waals surface area contributed by atoms with E-state index in [2.05, 4.69) is 14.9 Å². The summed E-state index contributed by atoms with van der Waals surface area (Å²) < 4.78 is 26.2. The fraction of sp³-hybridized carbons (Fsp3) is 0.0909. The summed E-state index contributed by atoms with van der Waals surface area (Å²) in [6.07, 6.45) is 0. The number of nitrogens with zero attached hydrogens (tertiary/aromatic N) is 1. The van der Waals surface area contributed by atoms with E-state index in [4.69, 9.17) is 5.11 Å². The van der Waals surface area contributed by atoms with Gasteiger partial charge in [-0.1, -0.05) is 17.7 Å². The standard InChI is InChI=1S/C11H11N3O4S/c1-7-2-4-8(5-3-7)19(17,18)14-10-6-9(11(15)16)12-13-10/h2-6H,1H3,(H,15,16)(H2,12,13,14). The summed E-state index contributed by atoms with van der Waals surface area (Å²) in [4.78, 5) is 10.7. The number of H-pyrrole nitrogens is 1. The lowest BCUT2D eigenvalue weighted by Gasteiger charge is -2.05. The summed E-state index contributed by atoms with van der Waals surface area (Å²) >= 11 is 0. The van der Waals surface area contributed by atoms with Gasteiger partial charge in [0.1, 0.15) is 5.69 Å². The van der Waals surface area contributed by atoms with E-state index in [1.54, 1.807) is 12.1 Å². The van der Waals surface area contributed by atoms with Gasteiger partial charge in [-0.25, -0.2) is 13.2 Å². The fourth-order valence-corrected chi connectivity index (χ4v) is 2.39. The molecule has 19 heavy (non-hydrogen) atoms. The van der Waals surface area contributed by atoms with Crippen LogP contribution < -0.4 is 4.72 Å². The number of carbonyl (C=O) groups is 1. The molecule has 2 aromatic rings. The number of carboxylic acid groups (broad SMARTS) is 1. The number of benzene rings is 1. The Kier molecular flexibility index (Phi) is 3.26. The number of hydrogen-bond acceptors (Lipinski definition) is 4. The van der Waals surface area contributed by atoms with Gasteiger partial charge in [-0.15, -0.1) is 0 Å². The number of carboxylic acids is 1. The van der Waals surface area contributed by atoms with Crippen LogP contribution in [0.1, 0.15) is 16.1 Å². The summed E-state index contributed by atoms with van der Waals surface area (Å²) in [5, 5.41) is 14.5. The van der Waals surface area contributed by atoms with Crippen LogP contribution in [0.3, 0.4) is 0 Å². The highest BCUT2D eigenvalue weighted by molar-refractivity contribution is 7.92. The minimum atomic E-state index is -3.77. The Hall–Kier alpha value is -2.35. The summed E-state index contributed by atoms with van der Waals surface area (Å²) in [6, 6.07) is 7.36. The minimum absolute atomic E-state index is 0.0713. The smallest absolute Gasteiger partial charge is 0.353 e. The lowest BCUT2D eigenvalue weighted by atomic mass is 10.2. The average molecular weight is 281 g/mol. The van der Waals surface area contributed by atoms with Crippen molar-refractivity contribution in [3.63, 3.8) is 0 Å². The fourth-order valence-electron chi connectivity index (χ4n) is 1.40. The van der Waals surface area contributed by atoms with Crippen LogP contribution >= 0.6 is 0 Å². The van der Waals surface area contributed by atoms with E-state index < -0.39 is 16.0 Å². The summed E-state index contributed by atoms with van der Waals surface area (Å²) in [7, 11) is -3.77. The molecule has 0 aliphatic heterocycles. The van der Waals surface area contributed by atoms with E-state index >= 15 is 0 Å². The highest BCUT2D eigenvalue weighted by atomic mass is 32.2. The zero-order valence-corrected chi connectivity index (χ0v) is 10.7. The van der Waals surface area contributed by atoms with E-state index in [0.717, 1.165) is 11.6 Å². The van der Waals surface area contributed by atoms with Crippen molar-refractivity contribution in [1.82, 2.24) is 10.2 Å². The average Bonchev–Trinajstić information content (AvgIpc) is 2.77. The Morgan fingerprint density at radius 1 is 1.32 bits per heavy atom. The van der Waals surface area contributed by atoms with E-state index in [0.29, 0.717) is 0 Å². The second-order valence-electron chi connectivity index (χ2n) is 3.89. The molecule has 0 atom stereocenters. The lowest BCUT2D eigenvalue weighted by Crippen LogP contribution is -2.13. The van der Waals surface area contributed by atoms with Crippen molar-refractivity contribution >= 4 is 21.8 Å². The number of sulfonamides is 1. The van der Waals surface area contributed by atoms with Gasteiger partial charge in [0, 0.05) is 6.07 Å². The van der Waals surface area contributed by atoms with Crippen LogP contribution in [-0.2, 0) is 10.0 Å². The maximum atomic E-state index is 12.0. The molecule has 0 bridgehead atoms. The number of nitrogens with one attached hydrogen (secondary N) is 2. The highest BCUT2D eigenvalue weighted by Crippen LogP contribution is 2.15. The largest absolute Gasteiger partial charge is 0.477 e. The van der Waals surface area contributed by atoms with Gasteiger partial charge in [0.15, 0.2) is 5.82 Å². The van der Waals surface area contributed by atoms with Gasteiger partial charge >= 0.3 is 5.97 Å². The molecule has 0 aliphatic carbocycles. The maximum Gasteiger partial charge on any atom is 0.353 e. The summed E-state index contributed by atoms with van der Waals surface area (Å²) in [5.41, 5.74) is 0.744. The zero-order valence-electron chi connectivity index (χ0n) is 9.91. The van der Waals surface area contributed by atoms with Crippen LogP contribution in [0.15, 0.2) is 35.2 Å². The van der Waals surface area contributed by atoms with Crippen LogP contribution in [0.2, 0.25) is 0 Å². The quantitative estimate of drug-likeness (QED) is 0.780. The molecule has 0 radical (unpaired) electrons. The molecular formula is C11H11N3O4S. The predicted octanol–water partition coefficient (Wildman–Crippen LogP) is 1.22. The monoisotopic (exact) mass is 281 g/mol. The van der Waals surface area contributed by atoms with Crippen LogP contribution in [0.5, 0.6) is 0 Å². The Bertz CT molecular complexity index is 704. The molecular weight excluding hydrogens is 270 g/mol. The van der Waals surface area contributed by atoms with Gasteiger partial charge in [-0.2, -0.15) is 5.10 Å². The van der Waals surface area contributed by atoms with E-state index in [1.165, 1.54) is 12.1 Å². The zero-order chi connectivity index (χ0) is 14.0. The third-order valence-corrected chi connectivity index (χ3v) is 3.75. The SMILES string of the molecule is Cc1ccc(S(=O)(=O)Nc2cc(C(=O)O)[nH]n2)cc1. The van der Waals surface area contributed by atoms with Crippen molar-refractivity contribution in [1.29, 1.82) is 0 Å². The van der Waals surface area contributed by atoms with Crippen LogP contribution in [0.25, 0.3) is 0 Å². The molecule has 7 nitrogen and oxygen atoms in total. The number of hydrogen-bond donors (Lipinski definition) is 3. The van der Waals surface area contributed by atoms with Gasteiger partial charge in [0.25, 0.3) is 10.0 Å². The lowest BCUT2D eigenvalue weighted by molar-refractivity contribution is 0.0690. The van der Waals surface area contributed by atoms with Crippen molar-refractivity contribution in [3.05, 3.63) is 41.6 Å². The first-order chi connectivity index (χ1) is 8.88. The number of aromatic carboxylic acids is 1. The van der Waals surface area contributed by atoms with Crippen molar-refractivity contribution in [3.8, 4) is 0 Å². The normalized spacial score (nSPS) is 11.2. The topological polar surface area (TPSA) is 112 Å². The van der Waals surface area contributed by atoms with Crippen LogP contribution in [0, 0.1) is 6.92 Å². The minimum Gasteiger partial charge on any atom is -0.477 e. The molecule has 1 aromatic carbocycles. The van der Waals surface area contributed by atoms with Gasteiger partial charge in [0.2, 0.25) is 0 Å². The van der Waals surface area contributed by atoms with E-state index in [-0.39, 0.29) is 16.4 Å². The number of aromatic amines is 1. The number of rotatable bonds is 4. The molecule has 0 saturated heterocycles. The molecule has 0 amide bonds. The van der Waals surface area contributed by atoms with E-state index in [9.17, 15) is 13.2 Å². The van der Waals surface area contributed by atoms with Gasteiger partial charge in [-0.05, 0) is 19.1 Å². The highest BCUT2D eigenvalue weighted by Gasteiger charge is 2.16. The number of aryl methyl sites for hydroxylation is 1. The first kappa shape index (κ1) is 13.1. The second-order valence-corrected chi connectivity index (χ2v) is 5.57. The van der Waals surface area contributed by atoms with Crippen molar-refractivity contribution in [2.75, 3.05) is 4.72 Å². The molecule has 2 rings (SSSR count). The first-order valence-electron chi connectivity index (χ1n) is 5.27. The molecule has 0 fully saturated rings. The van der Waals surface area contributed by atoms with E-state index in [1.807, 2.05) is 6.92 Å². The molecule has 100 valence electrons. The maximum absolute atomic E-state index is 12.0. The van der Waals surface area contributed by atoms with Crippen LogP contribution in [-0.4, -0.2) is 29.7 Å². The van der Waals surface area contributed by atoms with Crippen LogP contribution in [0.4, 0.5) is 5.82 Å². The van der Waals surface area contributed by atoms with Gasteiger partial charge in [-0.3, -0.25) is 9.82 Å². The summed E-state index contributed by atoms with van der Waals surface area (Å²) in [6.45, 7) is 1.84. The third-order valence-electron chi connectivity index (χ3n) is 2.38. The van der Waals surface area contributed by atoms with Gasteiger partial charge < -0.3 is 5.11 Å². The predicted molar refractivity (Wildman–Crippen MR) is 67.5 cm³/mol. The molecule has 0 unspecified atom stereocenters. The third kappa shape index (κ3) is 2.91. The number of anilines is 1. The molecule has 0 spiro atoms. The Balaban J connectivity index is 2.25. The first-order valence-corrected chi connectivity index (χ1v) is 6.75. The molecule has 0 aliphatic rings. The second kappa shape index (κ2) is 4.73. The van der Waals surface area contributed by atoms with Crippen molar-refractivity contribution in [2.45, 2.75) is 11.8 Å². The van der Waals surface area contributed by atoms with Crippen molar-refractivity contribution in [2.24, 2.45) is 0 Å². The number of aromatic nitrogens is 2. The Morgan fingerprint density at radius 2 is 1.95 bits per heavy atom. The van der Waals surface area contributed by atoms with Gasteiger partial charge in [0.05, 0.1) is 4.90 Å².